The normalized spacial score (nSPS) is 22.7. The fourth-order valence-electron chi connectivity index (χ4n) is 2.37. The van der Waals surface area contributed by atoms with Crippen molar-refractivity contribution in [3.63, 3.8) is 0 Å². The number of cyclic esters (lactones) is 1. The van der Waals surface area contributed by atoms with Crippen LogP contribution in [0.25, 0.3) is 0 Å². The maximum atomic E-state index is 12.7. The van der Waals surface area contributed by atoms with Crippen molar-refractivity contribution in [1.82, 2.24) is 0 Å². The van der Waals surface area contributed by atoms with Crippen LogP contribution in [-0.2, 0) is 26.9 Å². The Morgan fingerprint density at radius 2 is 2.10 bits per heavy atom. The number of carbonyl (C=O) groups excluding carboxylic acids is 2. The summed E-state index contributed by atoms with van der Waals surface area (Å²) in [5, 5.41) is 0. The molecule has 0 aliphatic carbocycles. The van der Waals surface area contributed by atoms with Crippen LogP contribution < -0.4 is 0 Å². The van der Waals surface area contributed by atoms with Crippen LogP contribution >= 0.6 is 0 Å². The molecule has 0 amide bonds. The molecule has 0 spiro atoms. The smallest absolute Gasteiger partial charge is 0.416 e. The van der Waals surface area contributed by atoms with E-state index in [0.717, 1.165) is 12.1 Å². The van der Waals surface area contributed by atoms with Gasteiger partial charge in [-0.05, 0) is 25.0 Å². The third kappa shape index (κ3) is 2.55. The van der Waals surface area contributed by atoms with Gasteiger partial charge in [0.25, 0.3) is 0 Å². The molecule has 1 aliphatic rings. The number of hydrogen-bond donors (Lipinski definition) is 0. The maximum Gasteiger partial charge on any atom is 0.416 e. The van der Waals surface area contributed by atoms with Crippen molar-refractivity contribution < 1.29 is 27.5 Å². The second-order valence-electron chi connectivity index (χ2n) is 4.90. The van der Waals surface area contributed by atoms with E-state index in [1.165, 1.54) is 19.1 Å². The van der Waals surface area contributed by atoms with Gasteiger partial charge in [0.2, 0.25) is 0 Å². The number of halogens is 3. The Morgan fingerprint density at radius 1 is 1.40 bits per heavy atom. The minimum atomic E-state index is -4.45. The van der Waals surface area contributed by atoms with Gasteiger partial charge in [0.1, 0.15) is 11.2 Å². The Morgan fingerprint density at radius 3 is 2.60 bits per heavy atom. The third-order valence-electron chi connectivity index (χ3n) is 3.59. The van der Waals surface area contributed by atoms with E-state index in [2.05, 4.69) is 0 Å². The summed E-state index contributed by atoms with van der Waals surface area (Å²) in [5.74, 6) is -1.03. The first kappa shape index (κ1) is 14.6. The second-order valence-corrected chi connectivity index (χ2v) is 4.90. The molecule has 1 aliphatic heterocycles. The first-order valence-corrected chi connectivity index (χ1v) is 6.10. The zero-order valence-corrected chi connectivity index (χ0v) is 10.8. The summed E-state index contributed by atoms with van der Waals surface area (Å²) in [6.45, 7) is 1.39. The van der Waals surface area contributed by atoms with E-state index in [0.29, 0.717) is 5.56 Å². The molecular weight excluding hydrogens is 273 g/mol. The zero-order chi connectivity index (χ0) is 15.0. The van der Waals surface area contributed by atoms with Crippen LogP contribution in [0.3, 0.4) is 0 Å². The van der Waals surface area contributed by atoms with E-state index in [-0.39, 0.29) is 25.2 Å². The van der Waals surface area contributed by atoms with Crippen molar-refractivity contribution in [1.29, 1.82) is 0 Å². The average Bonchev–Trinajstić information content (AvgIpc) is 2.71. The van der Waals surface area contributed by atoms with E-state index in [1.54, 1.807) is 0 Å². The quantitative estimate of drug-likeness (QED) is 0.634. The highest BCUT2D eigenvalue weighted by atomic mass is 19.4. The monoisotopic (exact) mass is 286 g/mol. The van der Waals surface area contributed by atoms with E-state index in [4.69, 9.17) is 4.74 Å². The number of alkyl halides is 3. The summed E-state index contributed by atoms with van der Waals surface area (Å²) in [6.07, 6.45) is -4.31. The Hall–Kier alpha value is -1.85. The minimum Gasteiger partial charge on any atom is -0.465 e. The van der Waals surface area contributed by atoms with Crippen LogP contribution in [0.15, 0.2) is 24.3 Å². The molecule has 0 bridgehead atoms. The van der Waals surface area contributed by atoms with Gasteiger partial charge >= 0.3 is 12.1 Å². The minimum absolute atomic E-state index is 0.0644. The number of hydrogen-bond acceptors (Lipinski definition) is 3. The molecule has 3 nitrogen and oxygen atoms in total. The first-order valence-electron chi connectivity index (χ1n) is 6.10. The van der Waals surface area contributed by atoms with Crippen molar-refractivity contribution in [3.05, 3.63) is 35.4 Å². The molecule has 108 valence electrons. The Bertz CT molecular complexity index is 551. The standard InChI is InChI=1S/C14H13F3O3/c1-9(18)13(5-6-20-12(13)19)8-10-3-2-4-11(7-10)14(15,16)17/h2-4,7H,5-6,8H2,1H3. The van der Waals surface area contributed by atoms with Gasteiger partial charge in [0, 0.05) is 6.42 Å². The molecule has 1 saturated heterocycles. The maximum absolute atomic E-state index is 12.7. The molecular formula is C14H13F3O3. The number of carbonyl (C=O) groups is 2. The molecule has 0 radical (unpaired) electrons. The van der Waals surface area contributed by atoms with Gasteiger partial charge in [-0.1, -0.05) is 18.2 Å². The highest BCUT2D eigenvalue weighted by Gasteiger charge is 2.48. The lowest BCUT2D eigenvalue weighted by Gasteiger charge is -2.21. The van der Waals surface area contributed by atoms with E-state index < -0.39 is 23.1 Å². The SMILES string of the molecule is CC(=O)C1(Cc2cccc(C(F)(F)F)c2)CCOC1=O. The molecule has 1 unspecified atom stereocenters. The lowest BCUT2D eigenvalue weighted by atomic mass is 9.77. The second kappa shape index (κ2) is 4.92. The lowest BCUT2D eigenvalue weighted by molar-refractivity contribution is -0.150. The molecule has 1 aromatic rings. The summed E-state index contributed by atoms with van der Waals surface area (Å²) in [7, 11) is 0. The molecule has 0 saturated carbocycles. The summed E-state index contributed by atoms with van der Waals surface area (Å²) < 4.78 is 42.8. The van der Waals surface area contributed by atoms with E-state index >= 15 is 0 Å². The van der Waals surface area contributed by atoms with Crippen LogP contribution in [0.2, 0.25) is 0 Å². The first-order chi connectivity index (χ1) is 9.25. The molecule has 1 aromatic carbocycles. The van der Waals surface area contributed by atoms with Crippen molar-refractivity contribution in [2.24, 2.45) is 5.41 Å². The van der Waals surface area contributed by atoms with Crippen LogP contribution in [-0.4, -0.2) is 18.4 Å². The van der Waals surface area contributed by atoms with Crippen LogP contribution in [0.1, 0.15) is 24.5 Å². The fraction of sp³-hybridized carbons (Fsp3) is 0.429. The molecule has 1 heterocycles. The molecule has 1 fully saturated rings. The van der Waals surface area contributed by atoms with Gasteiger partial charge in [0.05, 0.1) is 12.2 Å². The Kier molecular flexibility index (Phi) is 3.58. The fourth-order valence-corrected chi connectivity index (χ4v) is 2.37. The summed E-state index contributed by atoms with van der Waals surface area (Å²) in [4.78, 5) is 23.5. The van der Waals surface area contributed by atoms with Crippen LogP contribution in [0, 0.1) is 5.41 Å². The molecule has 2 rings (SSSR count). The zero-order valence-electron chi connectivity index (χ0n) is 10.8. The number of Topliss-reactive ketones (excluding diaryl/α,β-unsaturated/α-hetero) is 1. The van der Waals surface area contributed by atoms with Gasteiger partial charge in [-0.15, -0.1) is 0 Å². The molecule has 6 heteroatoms. The lowest BCUT2D eigenvalue weighted by Crippen LogP contribution is -2.36. The molecule has 0 aromatic heterocycles. The van der Waals surface area contributed by atoms with Crippen LogP contribution in [0.5, 0.6) is 0 Å². The van der Waals surface area contributed by atoms with Crippen molar-refractivity contribution in [2.75, 3.05) is 6.61 Å². The number of rotatable bonds is 3. The van der Waals surface area contributed by atoms with E-state index in [1.807, 2.05) is 0 Å². The number of ketones is 1. The number of ether oxygens (including phenoxy) is 1. The van der Waals surface area contributed by atoms with Crippen molar-refractivity contribution in [2.45, 2.75) is 25.9 Å². The average molecular weight is 286 g/mol. The predicted octanol–water partition coefficient (Wildman–Crippen LogP) is 2.77. The predicted molar refractivity (Wildman–Crippen MR) is 63.8 cm³/mol. The highest BCUT2D eigenvalue weighted by Crippen LogP contribution is 2.36. The van der Waals surface area contributed by atoms with E-state index in [9.17, 15) is 22.8 Å². The molecule has 20 heavy (non-hydrogen) atoms. The summed E-state index contributed by atoms with van der Waals surface area (Å²) >= 11 is 0. The van der Waals surface area contributed by atoms with Crippen molar-refractivity contribution in [3.8, 4) is 0 Å². The molecule has 1 atom stereocenters. The van der Waals surface area contributed by atoms with Gasteiger partial charge in [0.15, 0.2) is 0 Å². The highest BCUT2D eigenvalue weighted by molar-refractivity contribution is 6.04. The van der Waals surface area contributed by atoms with Gasteiger partial charge in [-0.25, -0.2) is 0 Å². The van der Waals surface area contributed by atoms with Crippen molar-refractivity contribution >= 4 is 11.8 Å². The number of esters is 1. The van der Waals surface area contributed by atoms with Crippen LogP contribution in [0.4, 0.5) is 13.2 Å². The molecule has 0 N–H and O–H groups in total. The Labute approximate surface area is 113 Å². The van der Waals surface area contributed by atoms with Gasteiger partial charge in [-0.2, -0.15) is 13.2 Å². The summed E-state index contributed by atoms with van der Waals surface area (Å²) in [6, 6.07) is 4.67. The topological polar surface area (TPSA) is 43.4 Å². The number of benzene rings is 1. The third-order valence-corrected chi connectivity index (χ3v) is 3.59. The largest absolute Gasteiger partial charge is 0.465 e. The van der Waals surface area contributed by atoms with Gasteiger partial charge < -0.3 is 4.74 Å². The Balaban J connectivity index is 2.33. The summed E-state index contributed by atoms with van der Waals surface area (Å²) in [5.41, 5.74) is -1.83. The van der Waals surface area contributed by atoms with Gasteiger partial charge in [-0.3, -0.25) is 9.59 Å².